The first kappa shape index (κ1) is 21.4. The van der Waals surface area contributed by atoms with Crippen molar-refractivity contribution in [1.82, 2.24) is 20.4 Å². The molecular weight excluding hydrogens is 396 g/mol. The summed E-state index contributed by atoms with van der Waals surface area (Å²) in [6, 6.07) is 6.96. The number of carbonyl (C=O) groups excluding carboxylic acids is 3. The number of nitrogens with one attached hydrogen (secondary N) is 2. The minimum absolute atomic E-state index is 0.0269. The van der Waals surface area contributed by atoms with Crippen molar-refractivity contribution in [3.63, 3.8) is 0 Å². The van der Waals surface area contributed by atoms with Gasteiger partial charge < -0.3 is 20.3 Å². The van der Waals surface area contributed by atoms with Gasteiger partial charge in [-0.1, -0.05) is 29.8 Å². The zero-order valence-corrected chi connectivity index (χ0v) is 18.5. The van der Waals surface area contributed by atoms with Gasteiger partial charge in [0, 0.05) is 20.2 Å². The van der Waals surface area contributed by atoms with Gasteiger partial charge in [0.15, 0.2) is 0 Å². The van der Waals surface area contributed by atoms with Crippen molar-refractivity contribution in [3.8, 4) is 0 Å². The van der Waals surface area contributed by atoms with Crippen LogP contribution in [-0.4, -0.2) is 66.0 Å². The number of nitrogens with zero attached hydrogens (tertiary/aromatic N) is 2. The van der Waals surface area contributed by atoms with E-state index in [1.54, 1.807) is 25.8 Å². The normalized spacial score (nSPS) is 23.9. The van der Waals surface area contributed by atoms with Crippen LogP contribution in [0, 0.1) is 6.92 Å². The van der Waals surface area contributed by atoms with Gasteiger partial charge in [-0.2, -0.15) is 0 Å². The molecule has 0 radical (unpaired) electrons. The molecule has 2 atom stereocenters. The minimum atomic E-state index is -1.08. The van der Waals surface area contributed by atoms with Gasteiger partial charge in [-0.05, 0) is 39.2 Å². The Morgan fingerprint density at radius 3 is 2.77 bits per heavy atom. The van der Waals surface area contributed by atoms with Gasteiger partial charge >= 0.3 is 6.03 Å². The predicted molar refractivity (Wildman–Crippen MR) is 115 cm³/mol. The summed E-state index contributed by atoms with van der Waals surface area (Å²) in [6.07, 6.45) is 1.95. The first-order chi connectivity index (χ1) is 14.7. The van der Waals surface area contributed by atoms with Crippen LogP contribution in [0.5, 0.6) is 0 Å². The molecule has 8 heteroatoms. The Hall–Kier alpha value is -2.87. The van der Waals surface area contributed by atoms with E-state index in [0.717, 1.165) is 30.6 Å². The van der Waals surface area contributed by atoms with E-state index in [-0.39, 0.29) is 30.5 Å². The molecule has 0 bridgehead atoms. The summed E-state index contributed by atoms with van der Waals surface area (Å²) in [5.41, 5.74) is 1.98. The number of carbonyl (C=O) groups is 3. The molecule has 0 aliphatic carbocycles. The summed E-state index contributed by atoms with van der Waals surface area (Å²) in [4.78, 5) is 42.2. The van der Waals surface area contributed by atoms with E-state index in [1.165, 1.54) is 4.90 Å². The van der Waals surface area contributed by atoms with Crippen LogP contribution >= 0.6 is 0 Å². The highest BCUT2D eigenvalue weighted by molar-refractivity contribution is 6.04. The molecule has 0 saturated carbocycles. The summed E-state index contributed by atoms with van der Waals surface area (Å²) < 4.78 is 5.58. The molecule has 1 fully saturated rings. The molecular formula is C23H30N4O4. The second kappa shape index (κ2) is 8.00. The molecule has 31 heavy (non-hydrogen) atoms. The number of hydrogen-bond acceptors (Lipinski definition) is 4. The largest absolute Gasteiger partial charge is 0.376 e. The van der Waals surface area contributed by atoms with E-state index >= 15 is 0 Å². The molecule has 4 amide bonds. The van der Waals surface area contributed by atoms with Gasteiger partial charge in [-0.3, -0.25) is 14.5 Å². The third kappa shape index (κ3) is 3.80. The average molecular weight is 427 g/mol. The number of urea groups is 1. The molecule has 1 saturated heterocycles. The fourth-order valence-electron chi connectivity index (χ4n) is 4.47. The maximum absolute atomic E-state index is 13.6. The number of likely N-dealkylation sites (N-methyl/N-ethyl adjacent to an activating group) is 1. The zero-order valence-electron chi connectivity index (χ0n) is 18.5. The highest BCUT2D eigenvalue weighted by atomic mass is 16.5. The summed E-state index contributed by atoms with van der Waals surface area (Å²) in [5, 5.41) is 5.88. The monoisotopic (exact) mass is 426 g/mol. The third-order valence-corrected chi connectivity index (χ3v) is 6.48. The van der Waals surface area contributed by atoms with Crippen molar-refractivity contribution in [2.75, 3.05) is 26.7 Å². The summed E-state index contributed by atoms with van der Waals surface area (Å²) >= 11 is 0. The molecule has 3 aliphatic heterocycles. The molecule has 8 nitrogen and oxygen atoms in total. The van der Waals surface area contributed by atoms with Crippen LogP contribution in [0.2, 0.25) is 0 Å². The Labute approximate surface area is 182 Å². The Morgan fingerprint density at radius 2 is 2.10 bits per heavy atom. The maximum Gasteiger partial charge on any atom is 0.322 e. The number of ether oxygens (including phenoxy) is 1. The zero-order chi connectivity index (χ0) is 22.3. The van der Waals surface area contributed by atoms with Crippen LogP contribution in [0.1, 0.15) is 43.9 Å². The van der Waals surface area contributed by atoms with E-state index in [0.29, 0.717) is 17.8 Å². The van der Waals surface area contributed by atoms with Gasteiger partial charge in [-0.25, -0.2) is 4.79 Å². The standard InChI is InChI=1S/C23H30N4O4/c1-14-7-5-8-15(11-14)19-18-17(26(4)22(30)25-19)13-27(20(18)28)23(2,3)21(29)24-12-16-9-6-10-31-16/h5,7-8,11,16,19H,6,9-10,12-13H2,1-4H3,(H,24,29)(H,25,30). The highest BCUT2D eigenvalue weighted by Gasteiger charge is 2.49. The van der Waals surface area contributed by atoms with Crippen LogP contribution < -0.4 is 10.6 Å². The fraction of sp³-hybridized carbons (Fsp3) is 0.522. The van der Waals surface area contributed by atoms with Crippen molar-refractivity contribution in [3.05, 3.63) is 46.7 Å². The highest BCUT2D eigenvalue weighted by Crippen LogP contribution is 2.38. The quantitative estimate of drug-likeness (QED) is 0.752. The Balaban J connectivity index is 1.58. The maximum atomic E-state index is 13.6. The summed E-state index contributed by atoms with van der Waals surface area (Å²) in [6.45, 7) is 6.82. The summed E-state index contributed by atoms with van der Waals surface area (Å²) in [5.74, 6) is -0.462. The Bertz CT molecular complexity index is 949. The van der Waals surface area contributed by atoms with Crippen molar-refractivity contribution in [2.45, 2.75) is 51.3 Å². The molecule has 1 aromatic carbocycles. The van der Waals surface area contributed by atoms with E-state index in [9.17, 15) is 14.4 Å². The van der Waals surface area contributed by atoms with Crippen LogP contribution in [0.15, 0.2) is 35.5 Å². The van der Waals surface area contributed by atoms with Crippen LogP contribution in [-0.2, 0) is 14.3 Å². The molecule has 0 spiro atoms. The second-order valence-corrected chi connectivity index (χ2v) is 9.01. The van der Waals surface area contributed by atoms with Crippen LogP contribution in [0.3, 0.4) is 0 Å². The van der Waals surface area contributed by atoms with Gasteiger partial charge in [0.25, 0.3) is 5.91 Å². The van der Waals surface area contributed by atoms with Gasteiger partial charge in [0.1, 0.15) is 5.54 Å². The lowest BCUT2D eigenvalue weighted by Crippen LogP contribution is -2.57. The van der Waals surface area contributed by atoms with Gasteiger partial charge in [0.2, 0.25) is 5.91 Å². The van der Waals surface area contributed by atoms with E-state index in [4.69, 9.17) is 4.74 Å². The third-order valence-electron chi connectivity index (χ3n) is 6.48. The van der Waals surface area contributed by atoms with E-state index < -0.39 is 11.6 Å². The molecule has 0 aromatic heterocycles. The summed E-state index contributed by atoms with van der Waals surface area (Å²) in [7, 11) is 1.65. The number of rotatable bonds is 5. The molecule has 2 N–H and O–H groups in total. The average Bonchev–Trinajstić information content (AvgIpc) is 3.37. The molecule has 3 aliphatic rings. The van der Waals surface area contributed by atoms with Crippen molar-refractivity contribution in [1.29, 1.82) is 0 Å². The topological polar surface area (TPSA) is 91.0 Å². The molecule has 1 aromatic rings. The Morgan fingerprint density at radius 1 is 1.32 bits per heavy atom. The number of hydrogen-bond donors (Lipinski definition) is 2. The lowest BCUT2D eigenvalue weighted by Gasteiger charge is -2.35. The molecule has 4 rings (SSSR count). The first-order valence-corrected chi connectivity index (χ1v) is 10.8. The van der Waals surface area contributed by atoms with Crippen LogP contribution in [0.4, 0.5) is 4.79 Å². The molecule has 166 valence electrons. The number of amides is 4. The van der Waals surface area contributed by atoms with Gasteiger partial charge in [-0.15, -0.1) is 0 Å². The SMILES string of the molecule is Cc1cccc(C2NC(=O)N(C)C3=C2C(=O)N(C(C)(C)C(=O)NCC2CCCO2)C3)c1. The fourth-order valence-corrected chi connectivity index (χ4v) is 4.47. The second-order valence-electron chi connectivity index (χ2n) is 9.01. The van der Waals surface area contributed by atoms with Crippen molar-refractivity contribution in [2.24, 2.45) is 0 Å². The van der Waals surface area contributed by atoms with E-state index in [1.807, 2.05) is 31.2 Å². The minimum Gasteiger partial charge on any atom is -0.376 e. The van der Waals surface area contributed by atoms with Crippen molar-refractivity contribution >= 4 is 17.8 Å². The number of aryl methyl sites for hydroxylation is 1. The van der Waals surface area contributed by atoms with Crippen LogP contribution in [0.25, 0.3) is 0 Å². The first-order valence-electron chi connectivity index (χ1n) is 10.8. The lowest BCUT2D eigenvalue weighted by atomic mass is 9.94. The van der Waals surface area contributed by atoms with Gasteiger partial charge in [0.05, 0.1) is 30.0 Å². The smallest absolute Gasteiger partial charge is 0.322 e. The molecule has 2 unspecified atom stereocenters. The van der Waals surface area contributed by atoms with E-state index in [2.05, 4.69) is 10.6 Å². The lowest BCUT2D eigenvalue weighted by molar-refractivity contribution is -0.142. The predicted octanol–water partition coefficient (Wildman–Crippen LogP) is 1.86. The van der Waals surface area contributed by atoms with Crippen molar-refractivity contribution < 1.29 is 19.1 Å². The molecule has 3 heterocycles. The Kier molecular flexibility index (Phi) is 5.51. The number of benzene rings is 1.